The fourth-order valence-electron chi connectivity index (χ4n) is 3.76. The van der Waals surface area contributed by atoms with Crippen LogP contribution in [0.5, 0.6) is 5.75 Å². The van der Waals surface area contributed by atoms with Gasteiger partial charge in [0.15, 0.2) is 0 Å². The Balaban J connectivity index is 1.86. The first-order valence-corrected chi connectivity index (χ1v) is 10.3. The molecule has 0 bridgehead atoms. The zero-order valence-corrected chi connectivity index (χ0v) is 16.6. The van der Waals surface area contributed by atoms with E-state index in [2.05, 4.69) is 23.9 Å². The normalized spacial score (nSPS) is 23.0. The third-order valence-electron chi connectivity index (χ3n) is 5.64. The van der Waals surface area contributed by atoms with Gasteiger partial charge in [-0.3, -0.25) is 4.90 Å². The van der Waals surface area contributed by atoms with Gasteiger partial charge < -0.3 is 9.64 Å². The summed E-state index contributed by atoms with van der Waals surface area (Å²) in [6.07, 6.45) is 1.96. The molecule has 1 aromatic rings. The molecular weight excluding hydrogens is 362 g/mol. The molecule has 2 saturated heterocycles. The molecule has 3 rings (SSSR count). The second kappa shape index (κ2) is 7.04. The molecule has 0 unspecified atom stereocenters. The predicted octanol–water partition coefficient (Wildman–Crippen LogP) is 1.75. The van der Waals surface area contributed by atoms with Gasteiger partial charge >= 0.3 is 0 Å². The van der Waals surface area contributed by atoms with Crippen LogP contribution in [0.3, 0.4) is 0 Å². The number of hydrogen-bond acceptors (Lipinski definition) is 5. The highest BCUT2D eigenvalue weighted by Gasteiger charge is 2.44. The van der Waals surface area contributed by atoms with E-state index in [4.69, 9.17) is 16.3 Å². The van der Waals surface area contributed by atoms with Gasteiger partial charge in [-0.1, -0.05) is 11.6 Å². The summed E-state index contributed by atoms with van der Waals surface area (Å²) in [5.41, 5.74) is -0.0753. The molecule has 0 atom stereocenters. The van der Waals surface area contributed by atoms with Gasteiger partial charge in [0.2, 0.25) is 10.0 Å². The number of halogens is 1. The van der Waals surface area contributed by atoms with Crippen LogP contribution < -0.4 is 4.74 Å². The van der Waals surface area contributed by atoms with Crippen LogP contribution in [0.1, 0.15) is 12.8 Å². The molecule has 2 aliphatic heterocycles. The Bertz CT molecular complexity index is 733. The number of hydrogen-bond donors (Lipinski definition) is 0. The largest absolute Gasteiger partial charge is 0.495 e. The average Bonchev–Trinajstić information content (AvgIpc) is 2.59. The number of nitrogens with zero attached hydrogens (tertiary/aromatic N) is 3. The van der Waals surface area contributed by atoms with E-state index in [0.29, 0.717) is 23.9 Å². The summed E-state index contributed by atoms with van der Waals surface area (Å²) in [6, 6.07) is 4.66. The van der Waals surface area contributed by atoms with E-state index in [0.717, 1.165) is 32.5 Å². The van der Waals surface area contributed by atoms with Crippen molar-refractivity contribution in [1.29, 1.82) is 0 Å². The van der Waals surface area contributed by atoms with Crippen LogP contribution in [0.15, 0.2) is 23.1 Å². The highest BCUT2D eigenvalue weighted by atomic mass is 35.5. The van der Waals surface area contributed by atoms with Crippen molar-refractivity contribution in [3.63, 3.8) is 0 Å². The lowest BCUT2D eigenvalue weighted by molar-refractivity contribution is 0.00214. The lowest BCUT2D eigenvalue weighted by Crippen LogP contribution is -2.64. The van der Waals surface area contributed by atoms with Crippen LogP contribution in [0.2, 0.25) is 5.02 Å². The highest BCUT2D eigenvalue weighted by Crippen LogP contribution is 2.34. The summed E-state index contributed by atoms with van der Waals surface area (Å²) in [7, 11) is 2.17. The molecule has 0 aromatic heterocycles. The van der Waals surface area contributed by atoms with Crippen LogP contribution in [-0.2, 0) is 10.0 Å². The molecule has 1 aromatic carbocycles. The van der Waals surface area contributed by atoms with E-state index < -0.39 is 10.0 Å². The third kappa shape index (κ3) is 3.53. The van der Waals surface area contributed by atoms with Crippen LogP contribution in [0.25, 0.3) is 0 Å². The smallest absolute Gasteiger partial charge is 0.243 e. The third-order valence-corrected chi connectivity index (χ3v) is 7.78. The van der Waals surface area contributed by atoms with Gasteiger partial charge in [0, 0.05) is 25.2 Å². The molecule has 0 saturated carbocycles. The number of methoxy groups -OCH3 is 1. The first-order chi connectivity index (χ1) is 11.8. The van der Waals surface area contributed by atoms with Gasteiger partial charge in [0.1, 0.15) is 5.75 Å². The Hall–Kier alpha value is -0.860. The molecular formula is C17H26ClN3O3S. The molecule has 140 valence electrons. The molecule has 0 amide bonds. The quantitative estimate of drug-likeness (QED) is 0.790. The van der Waals surface area contributed by atoms with Crippen molar-refractivity contribution in [3.8, 4) is 5.75 Å². The molecule has 0 radical (unpaired) electrons. The maximum absolute atomic E-state index is 13.1. The molecule has 8 heteroatoms. The Labute approximate surface area is 155 Å². The number of likely N-dealkylation sites (tertiary alicyclic amines) is 1. The molecule has 0 N–H and O–H groups in total. The van der Waals surface area contributed by atoms with Crippen molar-refractivity contribution in [3.05, 3.63) is 23.2 Å². The summed E-state index contributed by atoms with van der Waals surface area (Å²) in [5.74, 6) is 0.478. The van der Waals surface area contributed by atoms with Crippen molar-refractivity contribution >= 4 is 21.6 Å². The topological polar surface area (TPSA) is 53.1 Å². The fraction of sp³-hybridized carbons (Fsp3) is 0.647. The first-order valence-electron chi connectivity index (χ1n) is 8.52. The van der Waals surface area contributed by atoms with Gasteiger partial charge in [-0.2, -0.15) is 4.31 Å². The number of sulfonamides is 1. The molecule has 2 aliphatic rings. The molecule has 1 spiro atoms. The predicted molar refractivity (Wildman–Crippen MR) is 98.9 cm³/mol. The molecule has 2 heterocycles. The maximum atomic E-state index is 13.1. The van der Waals surface area contributed by atoms with Crippen LogP contribution in [0, 0.1) is 0 Å². The van der Waals surface area contributed by atoms with E-state index >= 15 is 0 Å². The Kier molecular flexibility index (Phi) is 5.33. The van der Waals surface area contributed by atoms with Crippen molar-refractivity contribution in [2.45, 2.75) is 23.3 Å². The number of likely N-dealkylation sites (N-methyl/N-ethyl adjacent to an activating group) is 1. The lowest BCUT2D eigenvalue weighted by atomic mass is 9.84. The minimum atomic E-state index is -3.57. The first kappa shape index (κ1) is 18.9. The van der Waals surface area contributed by atoms with Crippen LogP contribution >= 0.6 is 11.6 Å². The highest BCUT2D eigenvalue weighted by molar-refractivity contribution is 7.89. The summed E-state index contributed by atoms with van der Waals surface area (Å²) in [5, 5.41) is 0.312. The van der Waals surface area contributed by atoms with Gasteiger partial charge in [-0.05, 0) is 58.2 Å². The number of rotatable bonds is 3. The van der Waals surface area contributed by atoms with E-state index in [1.165, 1.54) is 13.2 Å². The SMILES string of the molecule is COc1ccc(S(=O)(=O)N2CCN(C)C3(CCN(C)CC3)C2)cc1Cl. The van der Waals surface area contributed by atoms with Gasteiger partial charge in [0.25, 0.3) is 0 Å². The summed E-state index contributed by atoms with van der Waals surface area (Å²) in [6.45, 7) is 3.76. The minimum absolute atomic E-state index is 0.0753. The maximum Gasteiger partial charge on any atom is 0.243 e. The summed E-state index contributed by atoms with van der Waals surface area (Å²) >= 11 is 6.13. The van der Waals surface area contributed by atoms with Gasteiger partial charge in [0.05, 0.1) is 17.0 Å². The standard InChI is InChI=1S/C17H26ClN3O3S/c1-19-8-6-17(7-9-19)13-21(11-10-20(17)2)25(22,23)14-4-5-16(24-3)15(18)12-14/h4-5,12H,6-11,13H2,1-3H3. The summed E-state index contributed by atoms with van der Waals surface area (Å²) in [4.78, 5) is 4.87. The molecule has 2 fully saturated rings. The fourth-order valence-corrected chi connectivity index (χ4v) is 5.62. The van der Waals surface area contributed by atoms with E-state index in [-0.39, 0.29) is 10.4 Å². The van der Waals surface area contributed by atoms with Gasteiger partial charge in [-0.25, -0.2) is 8.42 Å². The minimum Gasteiger partial charge on any atom is -0.495 e. The second-order valence-electron chi connectivity index (χ2n) is 7.08. The zero-order valence-electron chi connectivity index (χ0n) is 15.0. The number of piperazine rings is 1. The Morgan fingerprint density at radius 3 is 2.40 bits per heavy atom. The van der Waals surface area contributed by atoms with E-state index in [1.54, 1.807) is 16.4 Å². The molecule has 6 nitrogen and oxygen atoms in total. The van der Waals surface area contributed by atoms with Crippen molar-refractivity contribution in [1.82, 2.24) is 14.1 Å². The van der Waals surface area contributed by atoms with Crippen molar-refractivity contribution in [2.75, 3.05) is 53.9 Å². The van der Waals surface area contributed by atoms with Crippen molar-refractivity contribution < 1.29 is 13.2 Å². The average molecular weight is 388 g/mol. The molecule has 0 aliphatic carbocycles. The zero-order chi connectivity index (χ0) is 18.2. The Morgan fingerprint density at radius 2 is 1.80 bits per heavy atom. The van der Waals surface area contributed by atoms with Crippen LogP contribution in [0.4, 0.5) is 0 Å². The van der Waals surface area contributed by atoms with Gasteiger partial charge in [-0.15, -0.1) is 0 Å². The lowest BCUT2D eigenvalue weighted by Gasteiger charge is -2.52. The van der Waals surface area contributed by atoms with Crippen molar-refractivity contribution in [2.24, 2.45) is 0 Å². The summed E-state index contributed by atoms with van der Waals surface area (Å²) < 4.78 is 33.0. The molecule has 25 heavy (non-hydrogen) atoms. The monoisotopic (exact) mass is 387 g/mol. The Morgan fingerprint density at radius 1 is 1.12 bits per heavy atom. The van der Waals surface area contributed by atoms with E-state index in [9.17, 15) is 8.42 Å². The number of benzene rings is 1. The number of piperidine rings is 1. The van der Waals surface area contributed by atoms with E-state index in [1.807, 2.05) is 0 Å². The second-order valence-corrected chi connectivity index (χ2v) is 9.43. The van der Waals surface area contributed by atoms with Crippen LogP contribution in [-0.4, -0.2) is 82.0 Å². The number of ether oxygens (including phenoxy) is 1.